The van der Waals surface area contributed by atoms with Crippen molar-refractivity contribution in [2.24, 2.45) is 0 Å². The van der Waals surface area contributed by atoms with Crippen molar-refractivity contribution in [3.8, 4) is 5.75 Å². The van der Waals surface area contributed by atoms with Gasteiger partial charge in [0.25, 0.3) is 5.91 Å². The molecule has 0 aliphatic heterocycles. The summed E-state index contributed by atoms with van der Waals surface area (Å²) in [6.07, 6.45) is 0. The molecule has 146 valence electrons. The van der Waals surface area contributed by atoms with Crippen molar-refractivity contribution in [1.29, 1.82) is 0 Å². The Labute approximate surface area is 164 Å². The van der Waals surface area contributed by atoms with E-state index in [4.69, 9.17) is 9.47 Å². The Morgan fingerprint density at radius 1 is 1.19 bits per heavy atom. The molecule has 0 atom stereocenters. The minimum absolute atomic E-state index is 0.126. The van der Waals surface area contributed by atoms with Crippen LogP contribution < -0.4 is 10.1 Å². The third-order valence-electron chi connectivity index (χ3n) is 4.35. The largest absolute Gasteiger partial charge is 0.484 e. The van der Waals surface area contributed by atoms with Gasteiger partial charge in [-0.3, -0.25) is 4.79 Å². The van der Waals surface area contributed by atoms with Crippen LogP contribution in [0.25, 0.3) is 0 Å². The first-order chi connectivity index (χ1) is 12.7. The van der Waals surface area contributed by atoms with Crippen molar-refractivity contribution >= 4 is 28.2 Å². The predicted octanol–water partition coefficient (Wildman–Crippen LogP) is 4.99. The maximum atomic E-state index is 12.3. The van der Waals surface area contributed by atoms with Crippen LogP contribution in [0.1, 0.15) is 58.6 Å². The summed E-state index contributed by atoms with van der Waals surface area (Å²) >= 11 is 1.36. The molecule has 2 rings (SSSR count). The van der Waals surface area contributed by atoms with Crippen LogP contribution in [0, 0.1) is 20.8 Å². The zero-order valence-corrected chi connectivity index (χ0v) is 17.6. The monoisotopic (exact) mass is 389 g/mol. The average molecular weight is 390 g/mol. The Hall–Kier alpha value is -2.34. The fourth-order valence-corrected chi connectivity index (χ4v) is 3.93. The Bertz CT molecular complexity index is 839. The topological polar surface area (TPSA) is 64.6 Å². The normalized spacial score (nSPS) is 10.8. The summed E-state index contributed by atoms with van der Waals surface area (Å²) in [5.74, 6) is 0.355. The number of aryl methyl sites for hydroxylation is 2. The molecule has 0 aliphatic carbocycles. The van der Waals surface area contributed by atoms with E-state index in [1.54, 1.807) is 6.92 Å². The molecule has 2 aromatic rings. The summed E-state index contributed by atoms with van der Waals surface area (Å²) in [7, 11) is 0. The molecule has 0 saturated carbocycles. The van der Waals surface area contributed by atoms with Crippen LogP contribution in [0.15, 0.2) is 18.2 Å². The maximum Gasteiger partial charge on any atom is 0.341 e. The number of esters is 1. The molecule has 0 saturated heterocycles. The number of carbonyl (C=O) groups is 2. The molecule has 1 aromatic heterocycles. The quantitative estimate of drug-likeness (QED) is 0.678. The van der Waals surface area contributed by atoms with E-state index in [2.05, 4.69) is 19.2 Å². The lowest BCUT2D eigenvalue weighted by molar-refractivity contribution is -0.118. The van der Waals surface area contributed by atoms with E-state index in [1.807, 2.05) is 39.0 Å². The highest BCUT2D eigenvalue weighted by Crippen LogP contribution is 2.33. The van der Waals surface area contributed by atoms with E-state index in [9.17, 15) is 9.59 Å². The van der Waals surface area contributed by atoms with Gasteiger partial charge in [0, 0.05) is 4.88 Å². The molecule has 1 N–H and O–H groups in total. The van der Waals surface area contributed by atoms with Crippen molar-refractivity contribution in [2.75, 3.05) is 18.5 Å². The van der Waals surface area contributed by atoms with Gasteiger partial charge in [-0.1, -0.05) is 19.9 Å². The molecule has 0 aliphatic rings. The Morgan fingerprint density at radius 3 is 2.48 bits per heavy atom. The number of nitrogens with one attached hydrogen (secondary N) is 1. The van der Waals surface area contributed by atoms with Gasteiger partial charge in [-0.05, 0) is 62.4 Å². The van der Waals surface area contributed by atoms with E-state index < -0.39 is 5.97 Å². The smallest absolute Gasteiger partial charge is 0.341 e. The fraction of sp³-hybridized carbons (Fsp3) is 0.429. The van der Waals surface area contributed by atoms with Crippen LogP contribution in [-0.4, -0.2) is 25.1 Å². The number of anilines is 1. The average Bonchev–Trinajstić information content (AvgIpc) is 2.86. The third-order valence-corrected chi connectivity index (χ3v) is 5.47. The van der Waals surface area contributed by atoms with Gasteiger partial charge >= 0.3 is 5.97 Å². The summed E-state index contributed by atoms with van der Waals surface area (Å²) in [5.41, 5.74) is 3.65. The lowest BCUT2D eigenvalue weighted by Gasteiger charge is -2.12. The predicted molar refractivity (Wildman–Crippen MR) is 109 cm³/mol. The second-order valence-corrected chi connectivity index (χ2v) is 7.94. The molecule has 1 heterocycles. The molecule has 0 spiro atoms. The summed E-state index contributed by atoms with van der Waals surface area (Å²) in [5, 5.41) is 3.28. The van der Waals surface area contributed by atoms with Gasteiger partial charge < -0.3 is 14.8 Å². The van der Waals surface area contributed by atoms with Gasteiger partial charge in [-0.25, -0.2) is 4.79 Å². The zero-order chi connectivity index (χ0) is 20.1. The SMILES string of the molecule is CCOC(=O)c1c(NC(=O)COc2ccc(C(C)C)c(C)c2)sc(C)c1C. The van der Waals surface area contributed by atoms with Crippen LogP contribution in [0.4, 0.5) is 5.00 Å². The summed E-state index contributed by atoms with van der Waals surface area (Å²) in [4.78, 5) is 25.5. The van der Waals surface area contributed by atoms with Gasteiger partial charge in [0.15, 0.2) is 6.61 Å². The van der Waals surface area contributed by atoms with E-state index in [0.717, 1.165) is 16.0 Å². The van der Waals surface area contributed by atoms with Crippen molar-refractivity contribution < 1.29 is 19.1 Å². The molecule has 27 heavy (non-hydrogen) atoms. The molecule has 1 aromatic carbocycles. The number of ether oxygens (including phenoxy) is 2. The Kier molecular flexibility index (Phi) is 7.02. The fourth-order valence-electron chi connectivity index (χ4n) is 2.86. The number of carbonyl (C=O) groups excluding carboxylic acids is 2. The number of hydrogen-bond acceptors (Lipinski definition) is 5. The van der Waals surface area contributed by atoms with Crippen LogP contribution in [-0.2, 0) is 9.53 Å². The van der Waals surface area contributed by atoms with Crippen LogP contribution in [0.5, 0.6) is 5.75 Å². The highest BCUT2D eigenvalue weighted by Gasteiger charge is 2.22. The van der Waals surface area contributed by atoms with Crippen molar-refractivity contribution in [1.82, 2.24) is 0 Å². The Balaban J connectivity index is 2.05. The lowest BCUT2D eigenvalue weighted by atomic mass is 9.98. The second-order valence-electron chi connectivity index (χ2n) is 6.72. The number of benzene rings is 1. The zero-order valence-electron chi connectivity index (χ0n) is 16.8. The van der Waals surface area contributed by atoms with Crippen molar-refractivity contribution in [3.05, 3.63) is 45.3 Å². The molecule has 5 nitrogen and oxygen atoms in total. The first-order valence-electron chi connectivity index (χ1n) is 9.04. The summed E-state index contributed by atoms with van der Waals surface area (Å²) < 4.78 is 10.7. The summed E-state index contributed by atoms with van der Waals surface area (Å²) in [6, 6.07) is 5.84. The minimum atomic E-state index is -0.421. The molecule has 1 amide bonds. The standard InChI is InChI=1S/C21H27NO4S/c1-7-25-21(24)19-14(5)15(6)27-20(19)22-18(23)11-26-16-8-9-17(12(2)3)13(4)10-16/h8-10,12H,7,11H2,1-6H3,(H,22,23). The number of rotatable bonds is 7. The number of hydrogen-bond donors (Lipinski definition) is 1. The highest BCUT2D eigenvalue weighted by atomic mass is 32.1. The van der Waals surface area contributed by atoms with E-state index in [0.29, 0.717) is 22.2 Å². The van der Waals surface area contributed by atoms with Gasteiger partial charge in [0.05, 0.1) is 12.2 Å². The van der Waals surface area contributed by atoms with Crippen LogP contribution >= 0.6 is 11.3 Å². The molecular weight excluding hydrogens is 362 g/mol. The summed E-state index contributed by atoms with van der Waals surface area (Å²) in [6.45, 7) is 12.0. The second kappa shape index (κ2) is 9.04. The lowest BCUT2D eigenvalue weighted by Crippen LogP contribution is -2.21. The first-order valence-corrected chi connectivity index (χ1v) is 9.86. The molecular formula is C21H27NO4S. The number of thiophene rings is 1. The number of amides is 1. The van der Waals surface area contributed by atoms with Crippen molar-refractivity contribution in [3.63, 3.8) is 0 Å². The van der Waals surface area contributed by atoms with Gasteiger partial charge in [-0.2, -0.15) is 0 Å². The van der Waals surface area contributed by atoms with Crippen LogP contribution in [0.3, 0.4) is 0 Å². The van der Waals surface area contributed by atoms with Gasteiger partial charge in [0.2, 0.25) is 0 Å². The molecule has 0 bridgehead atoms. The van der Waals surface area contributed by atoms with Crippen LogP contribution in [0.2, 0.25) is 0 Å². The highest BCUT2D eigenvalue weighted by molar-refractivity contribution is 7.16. The Morgan fingerprint density at radius 2 is 1.89 bits per heavy atom. The van der Waals surface area contributed by atoms with Gasteiger partial charge in [0.1, 0.15) is 10.8 Å². The first kappa shape index (κ1) is 21.0. The van der Waals surface area contributed by atoms with Crippen molar-refractivity contribution in [2.45, 2.75) is 47.5 Å². The maximum absolute atomic E-state index is 12.3. The molecule has 0 radical (unpaired) electrons. The third kappa shape index (κ3) is 5.10. The van der Waals surface area contributed by atoms with Gasteiger partial charge in [-0.15, -0.1) is 11.3 Å². The van der Waals surface area contributed by atoms with E-state index in [1.165, 1.54) is 16.9 Å². The molecule has 0 unspecified atom stereocenters. The molecule has 0 fully saturated rings. The van der Waals surface area contributed by atoms with E-state index in [-0.39, 0.29) is 19.1 Å². The molecule has 6 heteroatoms. The minimum Gasteiger partial charge on any atom is -0.484 e. The van der Waals surface area contributed by atoms with E-state index >= 15 is 0 Å².